The summed E-state index contributed by atoms with van der Waals surface area (Å²) in [5.74, 6) is 0.545. The first-order valence-electron chi connectivity index (χ1n) is 12.6. The van der Waals surface area contributed by atoms with Crippen LogP contribution in [0.2, 0.25) is 0 Å². The Labute approximate surface area is 207 Å². The topological polar surface area (TPSA) is 80.3 Å². The van der Waals surface area contributed by atoms with Crippen molar-refractivity contribution in [2.24, 2.45) is 0 Å². The molecule has 0 saturated carbocycles. The fourth-order valence-corrected chi connectivity index (χ4v) is 4.37. The van der Waals surface area contributed by atoms with Crippen molar-refractivity contribution in [2.45, 2.75) is 32.6 Å². The van der Waals surface area contributed by atoms with Crippen LogP contribution in [0.1, 0.15) is 43.0 Å². The molecule has 0 bridgehead atoms. The number of anilines is 2. The number of nitrogens with one attached hydrogen (secondary N) is 1. The summed E-state index contributed by atoms with van der Waals surface area (Å²) in [6.07, 6.45) is 5.04. The number of carbonyl (C=O) groups excluding carboxylic acids is 2. The maximum absolute atomic E-state index is 12.9. The van der Waals surface area contributed by atoms with Crippen molar-refractivity contribution in [3.05, 3.63) is 48.0 Å². The fourth-order valence-electron chi connectivity index (χ4n) is 4.37. The number of hydrogen-bond acceptors (Lipinski definition) is 6. The Morgan fingerprint density at radius 2 is 1.60 bits per heavy atom. The third kappa shape index (κ3) is 6.88. The second-order valence-corrected chi connectivity index (χ2v) is 8.78. The van der Waals surface area contributed by atoms with Crippen molar-refractivity contribution >= 4 is 23.2 Å². The average Bonchev–Trinajstić information content (AvgIpc) is 3.18. The third-order valence-corrected chi connectivity index (χ3v) is 6.32. The van der Waals surface area contributed by atoms with E-state index in [1.807, 2.05) is 19.1 Å². The summed E-state index contributed by atoms with van der Waals surface area (Å²) in [6.45, 7) is 6.57. The first-order valence-corrected chi connectivity index (χ1v) is 12.6. The minimum absolute atomic E-state index is 0.0883. The van der Waals surface area contributed by atoms with E-state index in [1.54, 1.807) is 23.1 Å². The van der Waals surface area contributed by atoms with Crippen LogP contribution >= 0.6 is 0 Å². The number of amides is 2. The summed E-state index contributed by atoms with van der Waals surface area (Å²) in [6, 6.07) is 13.0. The van der Waals surface area contributed by atoms with Crippen LogP contribution in [0.4, 0.5) is 11.4 Å². The Hall–Kier alpha value is -3.26. The minimum Gasteiger partial charge on any atom is -0.490 e. The zero-order chi connectivity index (χ0) is 24.5. The molecule has 2 fully saturated rings. The van der Waals surface area contributed by atoms with Gasteiger partial charge in [0.15, 0.2) is 18.1 Å². The van der Waals surface area contributed by atoms with E-state index >= 15 is 0 Å². The van der Waals surface area contributed by atoms with Gasteiger partial charge in [0.1, 0.15) is 0 Å². The molecule has 1 N–H and O–H groups in total. The summed E-state index contributed by atoms with van der Waals surface area (Å²) >= 11 is 0. The Balaban J connectivity index is 1.37. The summed E-state index contributed by atoms with van der Waals surface area (Å²) < 4.78 is 16.7. The Morgan fingerprint density at radius 1 is 0.886 bits per heavy atom. The van der Waals surface area contributed by atoms with Gasteiger partial charge in [0.2, 0.25) is 0 Å². The van der Waals surface area contributed by atoms with Crippen molar-refractivity contribution in [2.75, 3.05) is 62.8 Å². The fraction of sp³-hybridized carbons (Fsp3) is 0.481. The van der Waals surface area contributed by atoms with E-state index in [-0.39, 0.29) is 18.4 Å². The van der Waals surface area contributed by atoms with Gasteiger partial charge in [0.05, 0.1) is 19.8 Å². The monoisotopic (exact) mass is 481 g/mol. The molecule has 2 heterocycles. The van der Waals surface area contributed by atoms with Crippen LogP contribution in [0.3, 0.4) is 0 Å². The largest absolute Gasteiger partial charge is 0.490 e. The van der Waals surface area contributed by atoms with Gasteiger partial charge in [-0.3, -0.25) is 9.59 Å². The molecule has 2 aromatic rings. The lowest BCUT2D eigenvalue weighted by molar-refractivity contribution is -0.137. The van der Waals surface area contributed by atoms with Crippen molar-refractivity contribution in [1.82, 2.24) is 4.90 Å². The van der Waals surface area contributed by atoms with Gasteiger partial charge in [-0.2, -0.15) is 0 Å². The van der Waals surface area contributed by atoms with E-state index < -0.39 is 0 Å². The molecule has 0 atom stereocenters. The number of carbonyl (C=O) groups is 2. The molecule has 35 heavy (non-hydrogen) atoms. The first kappa shape index (κ1) is 24.9. The van der Waals surface area contributed by atoms with E-state index in [9.17, 15) is 9.59 Å². The summed E-state index contributed by atoms with van der Waals surface area (Å²) in [5.41, 5.74) is 2.39. The standard InChI is InChI=1S/C27H35N3O5/c1-2-34-25-19-21(7-12-24(25)35-20-26(31)30-15-17-33-18-16-30)27(32)28-22-8-10-23(11-9-22)29-13-5-3-4-6-14-29/h7-12,19H,2-6,13-18,20H2,1H3,(H,28,32). The predicted octanol–water partition coefficient (Wildman–Crippen LogP) is 3.96. The Kier molecular flexibility index (Phi) is 8.84. The molecular weight excluding hydrogens is 446 g/mol. The van der Waals surface area contributed by atoms with Crippen molar-refractivity contribution in [3.63, 3.8) is 0 Å². The maximum Gasteiger partial charge on any atom is 0.260 e. The van der Waals surface area contributed by atoms with Gasteiger partial charge in [-0.25, -0.2) is 0 Å². The molecule has 2 amide bonds. The molecule has 2 aromatic carbocycles. The highest BCUT2D eigenvalue weighted by Gasteiger charge is 2.19. The van der Waals surface area contributed by atoms with Gasteiger partial charge in [-0.05, 0) is 62.2 Å². The Bertz CT molecular complexity index is 981. The molecule has 8 heteroatoms. The van der Waals surface area contributed by atoms with Gasteiger partial charge in [-0.1, -0.05) is 12.8 Å². The lowest BCUT2D eigenvalue weighted by Crippen LogP contribution is -2.43. The molecule has 0 aliphatic carbocycles. The molecule has 188 valence electrons. The van der Waals surface area contributed by atoms with Crippen LogP contribution < -0.4 is 19.7 Å². The van der Waals surface area contributed by atoms with E-state index in [4.69, 9.17) is 14.2 Å². The second-order valence-electron chi connectivity index (χ2n) is 8.78. The Morgan fingerprint density at radius 3 is 2.29 bits per heavy atom. The molecule has 2 saturated heterocycles. The first-order chi connectivity index (χ1) is 17.1. The quantitative estimate of drug-likeness (QED) is 0.615. The number of rotatable bonds is 8. The molecule has 0 radical (unpaired) electrons. The molecule has 2 aliphatic heterocycles. The van der Waals surface area contributed by atoms with Gasteiger partial charge in [0, 0.05) is 43.1 Å². The highest BCUT2D eigenvalue weighted by Crippen LogP contribution is 2.29. The minimum atomic E-state index is -0.232. The van der Waals surface area contributed by atoms with Gasteiger partial charge in [0.25, 0.3) is 11.8 Å². The average molecular weight is 482 g/mol. The number of nitrogens with zero attached hydrogens (tertiary/aromatic N) is 2. The van der Waals surface area contributed by atoms with E-state index in [0.29, 0.717) is 50.0 Å². The molecule has 2 aliphatic rings. The molecule has 4 rings (SSSR count). The maximum atomic E-state index is 12.9. The van der Waals surface area contributed by atoms with Gasteiger partial charge < -0.3 is 29.3 Å². The number of ether oxygens (including phenoxy) is 3. The highest BCUT2D eigenvalue weighted by molar-refractivity contribution is 6.04. The normalized spacial score (nSPS) is 16.4. The molecule has 0 aromatic heterocycles. The van der Waals surface area contributed by atoms with Crippen LogP contribution in [-0.4, -0.2) is 69.3 Å². The zero-order valence-electron chi connectivity index (χ0n) is 20.5. The molecule has 8 nitrogen and oxygen atoms in total. The SMILES string of the molecule is CCOc1cc(C(=O)Nc2ccc(N3CCCCCC3)cc2)ccc1OCC(=O)N1CCOCC1. The molecule has 0 spiro atoms. The number of hydrogen-bond donors (Lipinski definition) is 1. The van der Waals surface area contributed by atoms with E-state index in [1.165, 1.54) is 31.4 Å². The predicted molar refractivity (Wildman–Crippen MR) is 136 cm³/mol. The van der Waals surface area contributed by atoms with E-state index in [0.717, 1.165) is 18.8 Å². The lowest BCUT2D eigenvalue weighted by atomic mass is 10.1. The number of morpholine rings is 1. The van der Waals surface area contributed by atoms with Crippen molar-refractivity contribution < 1.29 is 23.8 Å². The van der Waals surface area contributed by atoms with Crippen LogP contribution in [0.5, 0.6) is 11.5 Å². The molecular formula is C27H35N3O5. The highest BCUT2D eigenvalue weighted by atomic mass is 16.5. The summed E-state index contributed by atoms with van der Waals surface area (Å²) in [4.78, 5) is 29.4. The smallest absolute Gasteiger partial charge is 0.260 e. The van der Waals surface area contributed by atoms with Crippen LogP contribution in [0.15, 0.2) is 42.5 Å². The summed E-state index contributed by atoms with van der Waals surface area (Å²) in [5, 5.41) is 2.96. The van der Waals surface area contributed by atoms with Crippen LogP contribution in [0, 0.1) is 0 Å². The van der Waals surface area contributed by atoms with Crippen LogP contribution in [0.25, 0.3) is 0 Å². The molecule has 0 unspecified atom stereocenters. The summed E-state index contributed by atoms with van der Waals surface area (Å²) in [7, 11) is 0. The van der Waals surface area contributed by atoms with Gasteiger partial charge in [-0.15, -0.1) is 0 Å². The third-order valence-electron chi connectivity index (χ3n) is 6.32. The van der Waals surface area contributed by atoms with Crippen molar-refractivity contribution in [1.29, 1.82) is 0 Å². The van der Waals surface area contributed by atoms with Gasteiger partial charge >= 0.3 is 0 Å². The van der Waals surface area contributed by atoms with E-state index in [2.05, 4.69) is 22.3 Å². The zero-order valence-corrected chi connectivity index (χ0v) is 20.5. The lowest BCUT2D eigenvalue weighted by Gasteiger charge is -2.26. The number of benzene rings is 2. The van der Waals surface area contributed by atoms with Crippen LogP contribution in [-0.2, 0) is 9.53 Å². The second kappa shape index (κ2) is 12.4. The van der Waals surface area contributed by atoms with Crippen molar-refractivity contribution in [3.8, 4) is 11.5 Å².